The Kier molecular flexibility index (Phi) is 4.04. The first-order valence-electron chi connectivity index (χ1n) is 9.43. The maximum absolute atomic E-state index is 12.6. The Labute approximate surface area is 144 Å². The molecule has 4 aliphatic carbocycles. The molecule has 0 spiro atoms. The van der Waals surface area contributed by atoms with Crippen LogP contribution in [0.4, 0.5) is 0 Å². The summed E-state index contributed by atoms with van der Waals surface area (Å²) >= 11 is 0. The van der Waals surface area contributed by atoms with E-state index in [1.54, 1.807) is 6.20 Å². The summed E-state index contributed by atoms with van der Waals surface area (Å²) in [4.78, 5) is 16.7. The van der Waals surface area contributed by atoms with Crippen LogP contribution in [0.5, 0.6) is 0 Å². The average molecular weight is 328 g/mol. The third-order valence-electron chi connectivity index (χ3n) is 6.70. The molecule has 0 radical (unpaired) electrons. The Hall–Kier alpha value is -1.54. The maximum atomic E-state index is 12.6. The lowest BCUT2D eigenvalue weighted by atomic mass is 9.53. The second-order valence-electron chi connectivity index (χ2n) is 8.61. The van der Waals surface area contributed by atoms with Gasteiger partial charge in [-0.3, -0.25) is 4.79 Å². The molecule has 5 rings (SSSR count). The average Bonchev–Trinajstić information content (AvgIpc) is 2.54. The lowest BCUT2D eigenvalue weighted by Crippen LogP contribution is -2.57. The van der Waals surface area contributed by atoms with Gasteiger partial charge in [-0.25, -0.2) is 0 Å². The van der Waals surface area contributed by atoms with Gasteiger partial charge in [0.25, 0.3) is 5.91 Å². The van der Waals surface area contributed by atoms with Crippen molar-refractivity contribution in [2.24, 2.45) is 17.8 Å². The number of carbonyl (C=O) groups is 1. The van der Waals surface area contributed by atoms with Gasteiger partial charge in [-0.05, 0) is 63.3 Å². The highest BCUT2D eigenvalue weighted by molar-refractivity contribution is 5.97. The number of hydrogen-bond donors (Lipinski definition) is 1. The van der Waals surface area contributed by atoms with Gasteiger partial charge >= 0.3 is 0 Å². The molecule has 130 valence electrons. The van der Waals surface area contributed by atoms with Crippen molar-refractivity contribution >= 4 is 5.91 Å². The molecule has 4 bridgehead atoms. The molecule has 24 heavy (non-hydrogen) atoms. The van der Waals surface area contributed by atoms with Gasteiger partial charge in [0.15, 0.2) is 0 Å². The highest BCUT2D eigenvalue weighted by Gasteiger charge is 2.50. The number of hydrogen-bond acceptors (Lipinski definition) is 4. The van der Waals surface area contributed by atoms with Crippen LogP contribution in [-0.4, -0.2) is 54.5 Å². The van der Waals surface area contributed by atoms with Crippen molar-refractivity contribution in [1.29, 1.82) is 5.26 Å². The Morgan fingerprint density at radius 1 is 1.08 bits per heavy atom. The highest BCUT2D eigenvalue weighted by atomic mass is 16.2. The van der Waals surface area contributed by atoms with Crippen molar-refractivity contribution < 1.29 is 4.79 Å². The summed E-state index contributed by atoms with van der Waals surface area (Å²) in [5.41, 5.74) is 0.425. The minimum atomic E-state index is -0.108. The van der Waals surface area contributed by atoms with Gasteiger partial charge in [0, 0.05) is 37.9 Å². The summed E-state index contributed by atoms with van der Waals surface area (Å²) in [6, 6.07) is 2.14. The molecular formula is C19H28N4O. The van der Waals surface area contributed by atoms with Gasteiger partial charge in [0.2, 0.25) is 0 Å². The topological polar surface area (TPSA) is 59.4 Å². The molecule has 0 aromatic heterocycles. The first kappa shape index (κ1) is 16.0. The molecule has 4 saturated carbocycles. The second-order valence-corrected chi connectivity index (χ2v) is 8.61. The van der Waals surface area contributed by atoms with Crippen LogP contribution in [0.2, 0.25) is 0 Å². The van der Waals surface area contributed by atoms with Gasteiger partial charge < -0.3 is 15.1 Å². The van der Waals surface area contributed by atoms with Crippen molar-refractivity contribution in [3.8, 4) is 6.07 Å². The molecule has 1 aliphatic heterocycles. The fourth-order valence-electron chi connectivity index (χ4n) is 5.83. The van der Waals surface area contributed by atoms with E-state index in [0.717, 1.165) is 30.8 Å². The van der Waals surface area contributed by atoms with E-state index in [1.807, 2.05) is 4.90 Å². The number of nitrogens with zero attached hydrogens (tertiary/aromatic N) is 3. The standard InChI is InChI=1S/C19H28N4O/c1-22-2-4-23(5-3-22)18(24)17(12-20)13-21-19-9-14-6-15(10-19)8-16(7-14)11-19/h13-16,21H,2-11H2,1H3/b17-13-. The van der Waals surface area contributed by atoms with E-state index in [2.05, 4.69) is 23.3 Å². The molecule has 1 N–H and O–H groups in total. The third-order valence-corrected chi connectivity index (χ3v) is 6.70. The fraction of sp³-hybridized carbons (Fsp3) is 0.789. The number of amides is 1. The van der Waals surface area contributed by atoms with E-state index < -0.39 is 0 Å². The third kappa shape index (κ3) is 2.93. The van der Waals surface area contributed by atoms with Crippen LogP contribution in [0.3, 0.4) is 0 Å². The summed E-state index contributed by atoms with van der Waals surface area (Å²) < 4.78 is 0. The Morgan fingerprint density at radius 2 is 1.62 bits per heavy atom. The van der Waals surface area contributed by atoms with E-state index >= 15 is 0 Å². The second kappa shape index (κ2) is 6.07. The van der Waals surface area contributed by atoms with E-state index in [1.165, 1.54) is 38.5 Å². The normalized spacial score (nSPS) is 38.9. The molecule has 1 heterocycles. The van der Waals surface area contributed by atoms with Crippen molar-refractivity contribution in [3.63, 3.8) is 0 Å². The van der Waals surface area contributed by atoms with Crippen LogP contribution in [0.1, 0.15) is 38.5 Å². The zero-order valence-corrected chi connectivity index (χ0v) is 14.6. The molecule has 0 aromatic carbocycles. The Morgan fingerprint density at radius 3 is 2.12 bits per heavy atom. The van der Waals surface area contributed by atoms with Gasteiger partial charge in [-0.15, -0.1) is 0 Å². The van der Waals surface area contributed by atoms with Crippen molar-refractivity contribution in [2.45, 2.75) is 44.1 Å². The molecule has 1 amide bonds. The quantitative estimate of drug-likeness (QED) is 0.633. The highest BCUT2D eigenvalue weighted by Crippen LogP contribution is 2.55. The van der Waals surface area contributed by atoms with Crippen molar-refractivity contribution in [1.82, 2.24) is 15.1 Å². The van der Waals surface area contributed by atoms with Gasteiger partial charge in [0.05, 0.1) is 0 Å². The monoisotopic (exact) mass is 328 g/mol. The van der Waals surface area contributed by atoms with E-state index in [9.17, 15) is 10.1 Å². The van der Waals surface area contributed by atoms with Crippen molar-refractivity contribution in [2.75, 3.05) is 33.2 Å². The predicted octanol–water partition coefficient (Wildman–Crippen LogP) is 1.73. The molecule has 5 heteroatoms. The number of rotatable bonds is 3. The van der Waals surface area contributed by atoms with Gasteiger partial charge in [0.1, 0.15) is 11.6 Å². The van der Waals surface area contributed by atoms with Crippen LogP contribution in [0.15, 0.2) is 11.8 Å². The van der Waals surface area contributed by atoms with Crippen LogP contribution in [0.25, 0.3) is 0 Å². The van der Waals surface area contributed by atoms with Crippen LogP contribution in [-0.2, 0) is 4.79 Å². The largest absolute Gasteiger partial charge is 0.384 e. The molecule has 5 fully saturated rings. The zero-order valence-electron chi connectivity index (χ0n) is 14.6. The minimum Gasteiger partial charge on any atom is -0.384 e. The summed E-state index contributed by atoms with van der Waals surface area (Å²) in [6.07, 6.45) is 9.60. The minimum absolute atomic E-state index is 0.108. The van der Waals surface area contributed by atoms with Gasteiger partial charge in [-0.2, -0.15) is 5.26 Å². The van der Waals surface area contributed by atoms with Crippen LogP contribution < -0.4 is 5.32 Å². The number of carbonyl (C=O) groups excluding carboxylic acids is 1. The number of likely N-dealkylation sites (N-methyl/N-ethyl adjacent to an activating group) is 1. The predicted molar refractivity (Wildman–Crippen MR) is 91.8 cm³/mol. The smallest absolute Gasteiger partial charge is 0.266 e. The summed E-state index contributed by atoms with van der Waals surface area (Å²) in [5.74, 6) is 2.46. The van der Waals surface area contributed by atoms with E-state index in [-0.39, 0.29) is 17.0 Å². The number of piperazine rings is 1. The zero-order chi connectivity index (χ0) is 16.7. The summed E-state index contributed by atoms with van der Waals surface area (Å²) in [7, 11) is 2.07. The molecule has 0 atom stereocenters. The molecule has 5 nitrogen and oxygen atoms in total. The van der Waals surface area contributed by atoms with E-state index in [4.69, 9.17) is 0 Å². The molecular weight excluding hydrogens is 300 g/mol. The SMILES string of the molecule is CN1CCN(C(=O)/C(C#N)=C\NC23CC4CC(CC(C4)C2)C3)CC1. The fourth-order valence-corrected chi connectivity index (χ4v) is 5.83. The maximum Gasteiger partial charge on any atom is 0.266 e. The summed E-state index contributed by atoms with van der Waals surface area (Å²) in [5, 5.41) is 13.0. The Balaban J connectivity index is 1.44. The lowest BCUT2D eigenvalue weighted by Gasteiger charge is -2.57. The summed E-state index contributed by atoms with van der Waals surface area (Å²) in [6.45, 7) is 3.19. The lowest BCUT2D eigenvalue weighted by molar-refractivity contribution is -0.128. The molecule has 1 saturated heterocycles. The number of nitrogens with one attached hydrogen (secondary N) is 1. The number of nitriles is 1. The van der Waals surface area contributed by atoms with Crippen LogP contribution >= 0.6 is 0 Å². The Bertz CT molecular complexity index is 547. The molecule has 0 aromatic rings. The van der Waals surface area contributed by atoms with E-state index in [0.29, 0.717) is 13.1 Å². The molecule has 5 aliphatic rings. The molecule has 0 unspecified atom stereocenters. The van der Waals surface area contributed by atoms with Gasteiger partial charge in [-0.1, -0.05) is 0 Å². The van der Waals surface area contributed by atoms with Crippen molar-refractivity contribution in [3.05, 3.63) is 11.8 Å². The first-order chi connectivity index (χ1) is 11.6. The first-order valence-corrected chi connectivity index (χ1v) is 9.43. The van der Waals surface area contributed by atoms with Crippen LogP contribution in [0, 0.1) is 29.1 Å².